The molecule has 0 bridgehead atoms. The van der Waals surface area contributed by atoms with E-state index in [4.69, 9.17) is 4.74 Å². The highest BCUT2D eigenvalue weighted by Crippen LogP contribution is 2.22. The largest absolute Gasteiger partial charge is 0.384 e. The Kier molecular flexibility index (Phi) is 8.57. The maximum atomic E-state index is 5.29. The minimum Gasteiger partial charge on any atom is -0.384 e. The van der Waals surface area contributed by atoms with Gasteiger partial charge in [0.1, 0.15) is 0 Å². The summed E-state index contributed by atoms with van der Waals surface area (Å²) in [6, 6.07) is 17.4. The van der Waals surface area contributed by atoms with E-state index < -0.39 is 0 Å². The molecule has 27 heavy (non-hydrogen) atoms. The zero-order valence-corrected chi connectivity index (χ0v) is 18.8. The lowest BCUT2D eigenvalue weighted by Gasteiger charge is -2.22. The predicted octanol–water partition coefficient (Wildman–Crippen LogP) is 4.32. The van der Waals surface area contributed by atoms with E-state index >= 15 is 0 Å². The topological polar surface area (TPSA) is 36.9 Å². The number of hydrogen-bond acceptors (Lipinski definition) is 2. The number of nitrogens with one attached hydrogen (secondary N) is 1. The Labute approximate surface area is 180 Å². The van der Waals surface area contributed by atoms with Crippen LogP contribution in [-0.4, -0.2) is 44.7 Å². The van der Waals surface area contributed by atoms with Crippen LogP contribution < -0.4 is 5.32 Å². The summed E-state index contributed by atoms with van der Waals surface area (Å²) in [4.78, 5) is 6.79. The molecule has 0 amide bonds. The molecule has 0 aliphatic carbocycles. The zero-order valence-electron chi connectivity index (χ0n) is 16.4. The first kappa shape index (κ1) is 21.7. The minimum atomic E-state index is 0. The van der Waals surface area contributed by atoms with Gasteiger partial charge in [0, 0.05) is 39.7 Å². The molecule has 0 saturated carbocycles. The number of guanidine groups is 1. The molecule has 146 valence electrons. The number of methoxy groups -OCH3 is 1. The van der Waals surface area contributed by atoms with Gasteiger partial charge in [-0.1, -0.05) is 48.0 Å². The molecule has 0 aromatic heterocycles. The van der Waals surface area contributed by atoms with E-state index in [1.807, 2.05) is 7.05 Å². The van der Waals surface area contributed by atoms with E-state index in [1.165, 1.54) is 22.3 Å². The average Bonchev–Trinajstić information content (AvgIpc) is 3.11. The third kappa shape index (κ3) is 5.94. The Hall–Kier alpha value is -1.60. The van der Waals surface area contributed by atoms with Crippen LogP contribution in [0.1, 0.15) is 17.5 Å². The number of nitrogens with zero attached hydrogens (tertiary/aromatic N) is 2. The van der Waals surface area contributed by atoms with Crippen LogP contribution in [0.2, 0.25) is 0 Å². The summed E-state index contributed by atoms with van der Waals surface area (Å²) in [6.07, 6.45) is 1.16. The van der Waals surface area contributed by atoms with Crippen LogP contribution >= 0.6 is 24.0 Å². The quantitative estimate of drug-likeness (QED) is 0.394. The summed E-state index contributed by atoms with van der Waals surface area (Å²) in [5.74, 6) is 1.58. The number of likely N-dealkylation sites (tertiary alicyclic amines) is 1. The molecule has 1 N–H and O–H groups in total. The molecule has 1 unspecified atom stereocenters. The summed E-state index contributed by atoms with van der Waals surface area (Å²) >= 11 is 0. The van der Waals surface area contributed by atoms with Gasteiger partial charge in [0.25, 0.3) is 0 Å². The Balaban J connectivity index is 0.00000261. The van der Waals surface area contributed by atoms with E-state index in [2.05, 4.69) is 70.7 Å². The Morgan fingerprint density at radius 2 is 1.93 bits per heavy atom. The molecule has 0 radical (unpaired) electrons. The van der Waals surface area contributed by atoms with E-state index in [-0.39, 0.29) is 24.0 Å². The van der Waals surface area contributed by atoms with Gasteiger partial charge in [0.2, 0.25) is 0 Å². The smallest absolute Gasteiger partial charge is 0.193 e. The van der Waals surface area contributed by atoms with Crippen molar-refractivity contribution in [2.75, 3.05) is 33.9 Å². The maximum absolute atomic E-state index is 5.29. The lowest BCUT2D eigenvalue weighted by molar-refractivity contribution is 0.157. The van der Waals surface area contributed by atoms with Gasteiger partial charge in [-0.05, 0) is 36.1 Å². The third-order valence-electron chi connectivity index (χ3n) is 4.93. The fourth-order valence-electron chi connectivity index (χ4n) is 3.60. The Morgan fingerprint density at radius 3 is 2.63 bits per heavy atom. The molecule has 5 heteroatoms. The minimum absolute atomic E-state index is 0. The van der Waals surface area contributed by atoms with Crippen LogP contribution in [0.5, 0.6) is 0 Å². The standard InChI is InChI=1S/C22H29N3O.HI/c1-17-6-4-8-20(12-17)21-9-5-7-18(13-21)14-24-22(23-2)25-11-10-19(15-25)16-26-3;/h4-9,12-13,19H,10-11,14-16H2,1-3H3,(H,23,24);1H. The number of aliphatic imine (C=N–C) groups is 1. The number of rotatable bonds is 5. The number of hydrogen-bond donors (Lipinski definition) is 1. The second kappa shape index (κ2) is 10.7. The van der Waals surface area contributed by atoms with Crippen molar-refractivity contribution in [2.24, 2.45) is 10.9 Å². The first-order valence-corrected chi connectivity index (χ1v) is 9.30. The van der Waals surface area contributed by atoms with Crippen LogP contribution in [0, 0.1) is 12.8 Å². The van der Waals surface area contributed by atoms with Gasteiger partial charge in [-0.15, -0.1) is 24.0 Å². The molecule has 4 nitrogen and oxygen atoms in total. The molecule has 1 aliphatic heterocycles. The Morgan fingerprint density at radius 1 is 1.19 bits per heavy atom. The van der Waals surface area contributed by atoms with E-state index in [9.17, 15) is 0 Å². The van der Waals surface area contributed by atoms with Crippen LogP contribution in [0.4, 0.5) is 0 Å². The van der Waals surface area contributed by atoms with Gasteiger partial charge < -0.3 is 15.0 Å². The van der Waals surface area contributed by atoms with E-state index in [0.717, 1.165) is 38.6 Å². The average molecular weight is 479 g/mol. The lowest BCUT2D eigenvalue weighted by atomic mass is 10.0. The summed E-state index contributed by atoms with van der Waals surface area (Å²) in [6.45, 7) is 5.78. The fraction of sp³-hybridized carbons (Fsp3) is 0.409. The summed E-state index contributed by atoms with van der Waals surface area (Å²) in [7, 11) is 3.63. The third-order valence-corrected chi connectivity index (χ3v) is 4.93. The first-order valence-electron chi connectivity index (χ1n) is 9.30. The van der Waals surface area contributed by atoms with Crippen molar-refractivity contribution in [3.8, 4) is 11.1 Å². The fourth-order valence-corrected chi connectivity index (χ4v) is 3.60. The molecule has 1 heterocycles. The van der Waals surface area contributed by atoms with Crippen molar-refractivity contribution >= 4 is 29.9 Å². The molecule has 1 fully saturated rings. The van der Waals surface area contributed by atoms with Crippen LogP contribution in [-0.2, 0) is 11.3 Å². The predicted molar refractivity (Wildman–Crippen MR) is 124 cm³/mol. The lowest BCUT2D eigenvalue weighted by Crippen LogP contribution is -2.39. The van der Waals surface area contributed by atoms with Gasteiger partial charge in [-0.25, -0.2) is 0 Å². The van der Waals surface area contributed by atoms with E-state index in [0.29, 0.717) is 5.92 Å². The summed E-state index contributed by atoms with van der Waals surface area (Å²) in [5, 5.41) is 3.52. The van der Waals surface area contributed by atoms with Gasteiger partial charge in [0.05, 0.1) is 6.61 Å². The number of halogens is 1. The number of ether oxygens (including phenoxy) is 1. The monoisotopic (exact) mass is 479 g/mol. The molecule has 2 aromatic rings. The van der Waals surface area contributed by atoms with Crippen molar-refractivity contribution < 1.29 is 4.74 Å². The van der Waals surface area contributed by atoms with Crippen molar-refractivity contribution in [3.63, 3.8) is 0 Å². The van der Waals surface area contributed by atoms with Gasteiger partial charge in [-0.3, -0.25) is 4.99 Å². The van der Waals surface area contributed by atoms with Crippen molar-refractivity contribution in [2.45, 2.75) is 19.9 Å². The highest BCUT2D eigenvalue weighted by atomic mass is 127. The van der Waals surface area contributed by atoms with Crippen LogP contribution in [0.25, 0.3) is 11.1 Å². The molecule has 0 spiro atoms. The maximum Gasteiger partial charge on any atom is 0.193 e. The molecular formula is C22H30IN3O. The van der Waals surface area contributed by atoms with Gasteiger partial charge in [0.15, 0.2) is 5.96 Å². The van der Waals surface area contributed by atoms with Gasteiger partial charge >= 0.3 is 0 Å². The molecule has 1 aliphatic rings. The van der Waals surface area contributed by atoms with E-state index in [1.54, 1.807) is 7.11 Å². The van der Waals surface area contributed by atoms with Gasteiger partial charge in [-0.2, -0.15) is 0 Å². The first-order chi connectivity index (χ1) is 12.7. The molecule has 3 rings (SSSR count). The highest BCUT2D eigenvalue weighted by Gasteiger charge is 2.24. The summed E-state index contributed by atoms with van der Waals surface area (Å²) in [5.41, 5.74) is 5.06. The molecular weight excluding hydrogens is 449 g/mol. The molecule has 2 aromatic carbocycles. The Bertz CT molecular complexity index is 763. The number of aryl methyl sites for hydroxylation is 1. The summed E-state index contributed by atoms with van der Waals surface area (Å²) < 4.78 is 5.29. The second-order valence-corrected chi connectivity index (χ2v) is 7.03. The molecule has 1 atom stereocenters. The SMILES string of the molecule is CN=C(NCc1cccc(-c2cccc(C)c2)c1)N1CCC(COC)C1.I. The van der Waals surface area contributed by atoms with Crippen molar-refractivity contribution in [1.82, 2.24) is 10.2 Å². The van der Waals surface area contributed by atoms with Crippen molar-refractivity contribution in [1.29, 1.82) is 0 Å². The normalized spacial score (nSPS) is 16.9. The zero-order chi connectivity index (χ0) is 18.4. The van der Waals surface area contributed by atoms with Crippen LogP contribution in [0.15, 0.2) is 53.5 Å². The number of benzene rings is 2. The highest BCUT2D eigenvalue weighted by molar-refractivity contribution is 14.0. The van der Waals surface area contributed by atoms with Crippen LogP contribution in [0.3, 0.4) is 0 Å². The molecule has 1 saturated heterocycles. The second-order valence-electron chi connectivity index (χ2n) is 7.03. The van der Waals surface area contributed by atoms with Crippen molar-refractivity contribution in [3.05, 3.63) is 59.7 Å².